The van der Waals surface area contributed by atoms with Crippen LogP contribution in [0.5, 0.6) is 23.0 Å². The molecular weight excluding hydrogens is 512 g/mol. The predicted octanol–water partition coefficient (Wildman–Crippen LogP) is 4.91. The number of aliphatic hydroxyl groups is 1. The number of hydrogen-bond donors (Lipinski definition) is 1. The summed E-state index contributed by atoms with van der Waals surface area (Å²) in [5, 5.41) is 11.5. The molecule has 208 valence electrons. The fourth-order valence-electron chi connectivity index (χ4n) is 4.80. The van der Waals surface area contributed by atoms with E-state index < -0.39 is 17.7 Å². The minimum Gasteiger partial charge on any atom is -0.507 e. The molecule has 2 aliphatic heterocycles. The first kappa shape index (κ1) is 27.1. The molecule has 0 aliphatic carbocycles. The van der Waals surface area contributed by atoms with Crippen LogP contribution in [-0.2, 0) is 16.1 Å². The van der Waals surface area contributed by atoms with Gasteiger partial charge in [-0.2, -0.15) is 0 Å². The van der Waals surface area contributed by atoms with Gasteiger partial charge < -0.3 is 29.0 Å². The summed E-state index contributed by atoms with van der Waals surface area (Å²) in [5.41, 5.74) is 1.65. The van der Waals surface area contributed by atoms with Crippen molar-refractivity contribution in [2.45, 2.75) is 32.9 Å². The van der Waals surface area contributed by atoms with Crippen molar-refractivity contribution >= 4 is 17.4 Å². The molecule has 3 heterocycles. The van der Waals surface area contributed by atoms with Gasteiger partial charge in [0.05, 0.1) is 25.3 Å². The molecule has 2 aliphatic rings. The quantitative estimate of drug-likeness (QED) is 0.230. The van der Waals surface area contributed by atoms with Crippen LogP contribution >= 0.6 is 0 Å². The Morgan fingerprint density at radius 3 is 2.60 bits per heavy atom. The Hall–Kier alpha value is -4.53. The molecule has 1 N–H and O–H groups in total. The van der Waals surface area contributed by atoms with Crippen molar-refractivity contribution in [3.8, 4) is 23.0 Å². The SMILES string of the molecule is COc1cc([C@@H]2C(=C(O)c3ccc4c(c3)OCCO4)C(=O)C(=O)N2Cc2cccnc2)ccc1OCCC(C)C. The van der Waals surface area contributed by atoms with E-state index in [1.807, 2.05) is 6.07 Å². The van der Waals surface area contributed by atoms with Crippen LogP contribution in [-0.4, -0.2) is 53.6 Å². The summed E-state index contributed by atoms with van der Waals surface area (Å²) < 4.78 is 22.8. The summed E-state index contributed by atoms with van der Waals surface area (Å²) in [6, 6.07) is 12.9. The van der Waals surface area contributed by atoms with E-state index >= 15 is 0 Å². The average molecular weight is 545 g/mol. The van der Waals surface area contributed by atoms with Crippen molar-refractivity contribution in [2.75, 3.05) is 26.9 Å². The number of aromatic nitrogens is 1. The number of carbonyl (C=O) groups is 2. The molecule has 1 saturated heterocycles. The highest BCUT2D eigenvalue weighted by molar-refractivity contribution is 6.46. The summed E-state index contributed by atoms with van der Waals surface area (Å²) in [4.78, 5) is 32.5. The molecule has 0 radical (unpaired) electrons. The fraction of sp³-hybridized carbons (Fsp3) is 0.323. The number of rotatable bonds is 9. The number of ketones is 1. The topological polar surface area (TPSA) is 107 Å². The molecule has 1 fully saturated rings. The Morgan fingerprint density at radius 2 is 1.88 bits per heavy atom. The van der Waals surface area contributed by atoms with Gasteiger partial charge >= 0.3 is 0 Å². The van der Waals surface area contributed by atoms with Gasteiger partial charge in [0.1, 0.15) is 19.0 Å². The third kappa shape index (κ3) is 5.45. The maximum absolute atomic E-state index is 13.5. The number of carbonyl (C=O) groups excluding carboxylic acids is 2. The molecule has 1 atom stereocenters. The van der Waals surface area contributed by atoms with Gasteiger partial charge in [0.15, 0.2) is 23.0 Å². The van der Waals surface area contributed by atoms with E-state index in [0.717, 1.165) is 12.0 Å². The maximum atomic E-state index is 13.5. The number of fused-ring (bicyclic) bond motifs is 1. The number of Topliss-reactive ketones (excluding diaryl/α,β-unsaturated/α-hetero) is 1. The zero-order valence-corrected chi connectivity index (χ0v) is 22.8. The molecule has 1 aromatic heterocycles. The molecule has 5 rings (SSSR count). The third-order valence-electron chi connectivity index (χ3n) is 6.89. The Kier molecular flexibility index (Phi) is 7.91. The highest BCUT2D eigenvalue weighted by Gasteiger charge is 2.46. The molecule has 0 spiro atoms. The first-order chi connectivity index (χ1) is 19.4. The Morgan fingerprint density at radius 1 is 1.07 bits per heavy atom. The zero-order valence-electron chi connectivity index (χ0n) is 22.8. The first-order valence-electron chi connectivity index (χ1n) is 13.3. The number of likely N-dealkylation sites (tertiary alicyclic amines) is 1. The Labute approximate surface area is 233 Å². The summed E-state index contributed by atoms with van der Waals surface area (Å²) in [6.45, 7) is 5.69. The highest BCUT2D eigenvalue weighted by Crippen LogP contribution is 2.43. The lowest BCUT2D eigenvalue weighted by atomic mass is 9.94. The number of nitrogens with zero attached hydrogens (tertiary/aromatic N) is 2. The van der Waals surface area contributed by atoms with Crippen molar-refractivity contribution in [1.82, 2.24) is 9.88 Å². The van der Waals surface area contributed by atoms with Crippen molar-refractivity contribution in [1.29, 1.82) is 0 Å². The van der Waals surface area contributed by atoms with E-state index in [4.69, 9.17) is 18.9 Å². The maximum Gasteiger partial charge on any atom is 0.295 e. The lowest BCUT2D eigenvalue weighted by molar-refractivity contribution is -0.140. The monoisotopic (exact) mass is 544 g/mol. The van der Waals surface area contributed by atoms with Gasteiger partial charge in [-0.3, -0.25) is 14.6 Å². The van der Waals surface area contributed by atoms with Crippen molar-refractivity contribution < 1.29 is 33.6 Å². The molecule has 0 saturated carbocycles. The predicted molar refractivity (Wildman–Crippen MR) is 147 cm³/mol. The third-order valence-corrected chi connectivity index (χ3v) is 6.89. The van der Waals surface area contributed by atoms with Crippen molar-refractivity contribution in [3.63, 3.8) is 0 Å². The Balaban J connectivity index is 1.59. The second kappa shape index (κ2) is 11.7. The molecule has 1 amide bonds. The summed E-state index contributed by atoms with van der Waals surface area (Å²) in [5.74, 6) is 0.718. The largest absolute Gasteiger partial charge is 0.507 e. The van der Waals surface area contributed by atoms with Gasteiger partial charge in [0.2, 0.25) is 0 Å². The number of pyridine rings is 1. The summed E-state index contributed by atoms with van der Waals surface area (Å²) in [6.07, 6.45) is 4.16. The molecule has 3 aromatic rings. The van der Waals surface area contributed by atoms with Crippen LogP contribution in [0.4, 0.5) is 0 Å². The van der Waals surface area contributed by atoms with E-state index in [2.05, 4.69) is 18.8 Å². The van der Waals surface area contributed by atoms with Crippen LogP contribution in [0.25, 0.3) is 5.76 Å². The van der Waals surface area contributed by atoms with E-state index in [1.54, 1.807) is 54.9 Å². The summed E-state index contributed by atoms with van der Waals surface area (Å²) >= 11 is 0. The minimum absolute atomic E-state index is 0.0268. The summed E-state index contributed by atoms with van der Waals surface area (Å²) in [7, 11) is 1.54. The number of amides is 1. The fourth-order valence-corrected chi connectivity index (χ4v) is 4.80. The van der Waals surface area contributed by atoms with Crippen LogP contribution in [0.1, 0.15) is 43.0 Å². The molecule has 0 unspecified atom stereocenters. The zero-order chi connectivity index (χ0) is 28.2. The first-order valence-corrected chi connectivity index (χ1v) is 13.3. The van der Waals surface area contributed by atoms with E-state index in [9.17, 15) is 14.7 Å². The molecule has 40 heavy (non-hydrogen) atoms. The van der Waals surface area contributed by atoms with Gasteiger partial charge in [-0.05, 0) is 59.9 Å². The van der Waals surface area contributed by atoms with Crippen molar-refractivity contribution in [2.24, 2.45) is 5.92 Å². The molecular formula is C31H32N2O7. The van der Waals surface area contributed by atoms with Gasteiger partial charge in [-0.25, -0.2) is 0 Å². The van der Waals surface area contributed by atoms with Crippen LogP contribution in [0.2, 0.25) is 0 Å². The van der Waals surface area contributed by atoms with E-state index in [1.165, 1.54) is 12.0 Å². The molecule has 0 bridgehead atoms. The van der Waals surface area contributed by atoms with E-state index in [-0.39, 0.29) is 17.9 Å². The van der Waals surface area contributed by atoms with Crippen LogP contribution < -0.4 is 18.9 Å². The van der Waals surface area contributed by atoms with Crippen LogP contribution in [0.15, 0.2) is 66.5 Å². The lowest BCUT2D eigenvalue weighted by Crippen LogP contribution is -2.29. The Bertz CT molecular complexity index is 1430. The standard InChI is InChI=1S/C31H32N2O7/c1-19(2)10-12-38-23-8-6-21(15-25(23)37-3)28-27(29(34)22-7-9-24-26(16-22)40-14-13-39-24)30(35)31(36)33(28)18-20-5-4-11-32-17-20/h4-9,11,15-17,19,28,34H,10,12-14,18H2,1-3H3/t28-/m1/s1. The van der Waals surface area contributed by atoms with Gasteiger partial charge in [-0.1, -0.05) is 26.0 Å². The average Bonchev–Trinajstić information content (AvgIpc) is 3.22. The van der Waals surface area contributed by atoms with E-state index in [0.29, 0.717) is 59.9 Å². The van der Waals surface area contributed by atoms with Gasteiger partial charge in [0.25, 0.3) is 11.7 Å². The number of aliphatic hydroxyl groups excluding tert-OH is 1. The van der Waals surface area contributed by atoms with Crippen LogP contribution in [0, 0.1) is 5.92 Å². The molecule has 9 nitrogen and oxygen atoms in total. The number of methoxy groups -OCH3 is 1. The number of ether oxygens (including phenoxy) is 4. The number of benzene rings is 2. The van der Waals surface area contributed by atoms with Gasteiger partial charge in [-0.15, -0.1) is 0 Å². The minimum atomic E-state index is -0.882. The van der Waals surface area contributed by atoms with Crippen molar-refractivity contribution in [3.05, 3.63) is 83.2 Å². The molecule has 9 heteroatoms. The normalized spacial score (nSPS) is 17.8. The van der Waals surface area contributed by atoms with Gasteiger partial charge in [0, 0.05) is 24.5 Å². The lowest BCUT2D eigenvalue weighted by Gasteiger charge is -2.26. The highest BCUT2D eigenvalue weighted by atomic mass is 16.6. The molecule has 2 aromatic carbocycles. The number of hydrogen-bond acceptors (Lipinski definition) is 8. The van der Waals surface area contributed by atoms with Crippen LogP contribution in [0.3, 0.4) is 0 Å². The smallest absolute Gasteiger partial charge is 0.295 e. The second-order valence-corrected chi connectivity index (χ2v) is 10.1. The second-order valence-electron chi connectivity index (χ2n) is 10.1.